The van der Waals surface area contributed by atoms with Crippen molar-refractivity contribution < 1.29 is 9.53 Å². The molecule has 4 heteroatoms. The van der Waals surface area contributed by atoms with E-state index in [0.29, 0.717) is 0 Å². The van der Waals surface area contributed by atoms with Crippen LogP contribution < -0.4 is 10.1 Å². The molecule has 18 heavy (non-hydrogen) atoms. The van der Waals surface area contributed by atoms with Crippen molar-refractivity contribution in [2.24, 2.45) is 0 Å². The maximum atomic E-state index is 11.5. The molecule has 1 N–H and O–H groups in total. The summed E-state index contributed by atoms with van der Waals surface area (Å²) in [7, 11) is 0. The van der Waals surface area contributed by atoms with E-state index in [0.717, 1.165) is 23.3 Å². The van der Waals surface area contributed by atoms with Gasteiger partial charge in [-0.25, -0.2) is 0 Å². The monoisotopic (exact) mass is 267 g/mol. The lowest BCUT2D eigenvalue weighted by atomic mass is 9.89. The van der Waals surface area contributed by atoms with Crippen molar-refractivity contribution >= 4 is 17.5 Å². The van der Waals surface area contributed by atoms with Gasteiger partial charge in [0, 0.05) is 12.0 Å². The van der Waals surface area contributed by atoms with E-state index in [-0.39, 0.29) is 23.4 Å². The van der Waals surface area contributed by atoms with E-state index in [2.05, 4.69) is 11.4 Å². The maximum Gasteiger partial charge on any atom is 0.235 e. The molecule has 1 unspecified atom stereocenters. The van der Waals surface area contributed by atoms with Crippen LogP contribution in [-0.2, 0) is 4.79 Å². The highest BCUT2D eigenvalue weighted by Gasteiger charge is 2.34. The number of hydrogen-bond donors (Lipinski definition) is 1. The Kier molecular flexibility index (Phi) is 3.53. The second-order valence-electron chi connectivity index (χ2n) is 5.36. The number of rotatable bonds is 2. The Bertz CT molecular complexity index is 471. The molecule has 1 amide bonds. The van der Waals surface area contributed by atoms with Crippen LogP contribution in [0.15, 0.2) is 18.2 Å². The molecule has 0 radical (unpaired) electrons. The third kappa shape index (κ3) is 2.78. The van der Waals surface area contributed by atoms with Gasteiger partial charge in [0.25, 0.3) is 0 Å². The van der Waals surface area contributed by atoms with E-state index in [9.17, 15) is 4.79 Å². The summed E-state index contributed by atoms with van der Waals surface area (Å²) in [5.74, 6) is 0.683. The van der Waals surface area contributed by atoms with Gasteiger partial charge in [-0.1, -0.05) is 17.7 Å². The summed E-state index contributed by atoms with van der Waals surface area (Å²) in [5, 5.41) is 2.96. The van der Waals surface area contributed by atoms with Crippen LogP contribution in [0.25, 0.3) is 0 Å². The van der Waals surface area contributed by atoms with E-state index in [1.165, 1.54) is 0 Å². The van der Waals surface area contributed by atoms with Crippen molar-refractivity contribution in [3.05, 3.63) is 29.3 Å². The predicted molar refractivity (Wildman–Crippen MR) is 72.1 cm³/mol. The summed E-state index contributed by atoms with van der Waals surface area (Å²) in [6.07, 6.45) is 0.742. The van der Waals surface area contributed by atoms with Crippen molar-refractivity contribution in [2.75, 3.05) is 5.88 Å². The first-order chi connectivity index (χ1) is 8.41. The molecule has 0 spiro atoms. The molecule has 98 valence electrons. The molecule has 1 atom stereocenters. The number of amides is 1. The van der Waals surface area contributed by atoms with Gasteiger partial charge < -0.3 is 10.1 Å². The number of benzene rings is 1. The fourth-order valence-corrected chi connectivity index (χ4v) is 2.41. The third-order valence-corrected chi connectivity index (χ3v) is 3.32. The van der Waals surface area contributed by atoms with E-state index in [1.807, 2.05) is 32.9 Å². The van der Waals surface area contributed by atoms with Crippen LogP contribution >= 0.6 is 11.6 Å². The number of alkyl halides is 1. The SMILES string of the molecule is Cc1ccc2c(c1)C(NC(=O)CCl)CC(C)(C)O2. The van der Waals surface area contributed by atoms with Crippen LogP contribution in [-0.4, -0.2) is 17.4 Å². The Balaban J connectivity index is 2.35. The lowest BCUT2D eigenvalue weighted by molar-refractivity contribution is -0.119. The maximum absolute atomic E-state index is 11.5. The normalized spacial score (nSPS) is 20.8. The molecule has 3 nitrogen and oxygen atoms in total. The molecule has 0 fully saturated rings. The lowest BCUT2D eigenvalue weighted by Gasteiger charge is -2.38. The van der Waals surface area contributed by atoms with Crippen LogP contribution in [0.1, 0.15) is 37.4 Å². The number of fused-ring (bicyclic) bond motifs is 1. The summed E-state index contributed by atoms with van der Waals surface area (Å²) in [4.78, 5) is 11.5. The molecular formula is C14H18ClNO2. The van der Waals surface area contributed by atoms with Gasteiger partial charge in [-0.15, -0.1) is 11.6 Å². The van der Waals surface area contributed by atoms with Gasteiger partial charge in [-0.3, -0.25) is 4.79 Å². The van der Waals surface area contributed by atoms with Crippen molar-refractivity contribution in [1.82, 2.24) is 5.32 Å². The third-order valence-electron chi connectivity index (χ3n) is 3.08. The second kappa shape index (κ2) is 4.81. The number of aryl methyl sites for hydroxylation is 1. The highest BCUT2D eigenvalue weighted by molar-refractivity contribution is 6.27. The minimum atomic E-state index is -0.285. The minimum Gasteiger partial charge on any atom is -0.487 e. The van der Waals surface area contributed by atoms with Crippen LogP contribution in [0.5, 0.6) is 5.75 Å². The molecule has 1 aromatic carbocycles. The quantitative estimate of drug-likeness (QED) is 0.837. The Morgan fingerprint density at radius 2 is 2.28 bits per heavy atom. The summed E-state index contributed by atoms with van der Waals surface area (Å²) >= 11 is 5.56. The lowest BCUT2D eigenvalue weighted by Crippen LogP contribution is -2.41. The summed E-state index contributed by atoms with van der Waals surface area (Å²) in [5.41, 5.74) is 1.90. The van der Waals surface area contributed by atoms with Crippen molar-refractivity contribution in [3.8, 4) is 5.75 Å². The molecule has 2 rings (SSSR count). The highest BCUT2D eigenvalue weighted by Crippen LogP contribution is 2.39. The van der Waals surface area contributed by atoms with Crippen LogP contribution in [0, 0.1) is 6.92 Å². The number of halogens is 1. The van der Waals surface area contributed by atoms with Gasteiger partial charge in [-0.05, 0) is 26.8 Å². The average molecular weight is 268 g/mol. The zero-order chi connectivity index (χ0) is 13.3. The smallest absolute Gasteiger partial charge is 0.235 e. The summed E-state index contributed by atoms with van der Waals surface area (Å²) in [6.45, 7) is 6.08. The number of carbonyl (C=O) groups is 1. The molecular weight excluding hydrogens is 250 g/mol. The van der Waals surface area contributed by atoms with Crippen LogP contribution in [0.4, 0.5) is 0 Å². The first-order valence-corrected chi connectivity index (χ1v) is 6.59. The van der Waals surface area contributed by atoms with Gasteiger partial charge in [0.05, 0.1) is 6.04 Å². The van der Waals surface area contributed by atoms with Gasteiger partial charge in [-0.2, -0.15) is 0 Å². The van der Waals surface area contributed by atoms with Crippen LogP contribution in [0.3, 0.4) is 0 Å². The second-order valence-corrected chi connectivity index (χ2v) is 5.63. The van der Waals surface area contributed by atoms with Gasteiger partial charge in [0.1, 0.15) is 17.2 Å². The van der Waals surface area contributed by atoms with E-state index < -0.39 is 0 Å². The van der Waals surface area contributed by atoms with Crippen LogP contribution in [0.2, 0.25) is 0 Å². The molecule has 0 saturated carbocycles. The molecule has 0 saturated heterocycles. The Labute approximate surface area is 112 Å². The fourth-order valence-electron chi connectivity index (χ4n) is 2.34. The summed E-state index contributed by atoms with van der Waals surface area (Å²) < 4.78 is 5.94. The summed E-state index contributed by atoms with van der Waals surface area (Å²) in [6, 6.07) is 6.01. The zero-order valence-corrected chi connectivity index (χ0v) is 11.7. The first kappa shape index (κ1) is 13.2. The van der Waals surface area contributed by atoms with Gasteiger partial charge in [0.15, 0.2) is 0 Å². The molecule has 0 aliphatic carbocycles. The average Bonchev–Trinajstić information content (AvgIpc) is 2.29. The Morgan fingerprint density at radius 1 is 1.56 bits per heavy atom. The molecule has 1 aliphatic rings. The molecule has 1 aliphatic heterocycles. The number of hydrogen-bond acceptors (Lipinski definition) is 2. The molecule has 1 heterocycles. The Hall–Kier alpha value is -1.22. The number of nitrogens with one attached hydrogen (secondary N) is 1. The van der Waals surface area contributed by atoms with E-state index >= 15 is 0 Å². The standard InChI is InChI=1S/C14H18ClNO2/c1-9-4-5-12-10(6-9)11(16-13(17)8-15)7-14(2,3)18-12/h4-6,11H,7-8H2,1-3H3,(H,16,17). The molecule has 0 aromatic heterocycles. The van der Waals surface area contributed by atoms with Gasteiger partial charge >= 0.3 is 0 Å². The molecule has 1 aromatic rings. The predicted octanol–water partition coefficient (Wildman–Crippen LogP) is 2.95. The van der Waals surface area contributed by atoms with Crippen molar-refractivity contribution in [3.63, 3.8) is 0 Å². The van der Waals surface area contributed by atoms with E-state index in [1.54, 1.807) is 0 Å². The highest BCUT2D eigenvalue weighted by atomic mass is 35.5. The van der Waals surface area contributed by atoms with Crippen molar-refractivity contribution in [2.45, 2.75) is 38.8 Å². The largest absolute Gasteiger partial charge is 0.487 e. The van der Waals surface area contributed by atoms with Gasteiger partial charge in [0.2, 0.25) is 5.91 Å². The molecule has 0 bridgehead atoms. The number of ether oxygens (including phenoxy) is 1. The number of carbonyl (C=O) groups excluding carboxylic acids is 1. The fraction of sp³-hybridized carbons (Fsp3) is 0.500. The first-order valence-electron chi connectivity index (χ1n) is 6.06. The van der Waals surface area contributed by atoms with E-state index in [4.69, 9.17) is 16.3 Å². The Morgan fingerprint density at radius 3 is 2.94 bits per heavy atom. The zero-order valence-electron chi connectivity index (χ0n) is 10.9. The minimum absolute atomic E-state index is 0.0149. The topological polar surface area (TPSA) is 38.3 Å². The van der Waals surface area contributed by atoms with Crippen molar-refractivity contribution in [1.29, 1.82) is 0 Å².